The maximum absolute atomic E-state index is 13.1. The molecule has 1 aliphatic heterocycles. The normalized spacial score (nSPS) is 20.3. The molecule has 10 heteroatoms. The Morgan fingerprint density at radius 1 is 1.20 bits per heavy atom. The summed E-state index contributed by atoms with van der Waals surface area (Å²) >= 11 is 0. The van der Waals surface area contributed by atoms with Crippen molar-refractivity contribution in [3.05, 3.63) is 41.8 Å². The topological polar surface area (TPSA) is 105 Å². The van der Waals surface area contributed by atoms with Crippen LogP contribution in [-0.4, -0.2) is 41.9 Å². The van der Waals surface area contributed by atoms with E-state index in [2.05, 4.69) is 15.5 Å². The molecule has 1 aromatic heterocycles. The van der Waals surface area contributed by atoms with Crippen LogP contribution in [0.25, 0.3) is 0 Å². The van der Waals surface area contributed by atoms with Crippen molar-refractivity contribution in [2.75, 3.05) is 13.1 Å². The quantitative estimate of drug-likeness (QED) is 0.772. The lowest BCUT2D eigenvalue weighted by Gasteiger charge is -2.33. The number of aromatic nitrogens is 2. The maximum atomic E-state index is 13.1. The van der Waals surface area contributed by atoms with E-state index in [-0.39, 0.29) is 29.8 Å². The lowest BCUT2D eigenvalue weighted by Crippen LogP contribution is -2.49. The third-order valence-corrected chi connectivity index (χ3v) is 7.96. The number of amides is 1. The Balaban J connectivity index is 1.41. The Bertz CT molecular complexity index is 1010. The molecule has 8 nitrogen and oxygen atoms in total. The van der Waals surface area contributed by atoms with Gasteiger partial charge in [0.2, 0.25) is 21.8 Å². The van der Waals surface area contributed by atoms with Gasteiger partial charge in [-0.3, -0.25) is 4.79 Å². The second-order valence-electron chi connectivity index (χ2n) is 8.05. The van der Waals surface area contributed by atoms with Crippen LogP contribution in [0.1, 0.15) is 50.2 Å². The zero-order valence-electron chi connectivity index (χ0n) is 16.8. The third-order valence-electron chi connectivity index (χ3n) is 6.05. The third kappa shape index (κ3) is 3.98. The molecule has 2 fully saturated rings. The van der Waals surface area contributed by atoms with Crippen LogP contribution in [0.3, 0.4) is 0 Å². The minimum Gasteiger partial charge on any atom is -0.343 e. The number of carbonyl (C=O) groups is 1. The lowest BCUT2D eigenvalue weighted by molar-refractivity contribution is -0.128. The van der Waals surface area contributed by atoms with Crippen LogP contribution in [0, 0.1) is 18.7 Å². The van der Waals surface area contributed by atoms with Crippen molar-refractivity contribution in [1.29, 1.82) is 0 Å². The van der Waals surface area contributed by atoms with E-state index >= 15 is 0 Å². The molecule has 0 radical (unpaired) electrons. The Hall–Kier alpha value is -2.33. The summed E-state index contributed by atoms with van der Waals surface area (Å²) in [6.45, 7) is 2.20. The molecule has 0 bridgehead atoms. The van der Waals surface area contributed by atoms with Gasteiger partial charge in [0.15, 0.2) is 5.82 Å². The molecule has 4 rings (SSSR count). The van der Waals surface area contributed by atoms with Crippen molar-refractivity contribution in [1.82, 2.24) is 19.8 Å². The molecule has 1 aromatic carbocycles. The summed E-state index contributed by atoms with van der Waals surface area (Å²) in [5.41, 5.74) is -0.605. The first-order valence-corrected chi connectivity index (χ1v) is 11.6. The van der Waals surface area contributed by atoms with Crippen molar-refractivity contribution < 1.29 is 22.1 Å². The molecule has 1 aliphatic carbocycles. The number of carbonyl (C=O) groups excluding carboxylic acids is 1. The predicted octanol–water partition coefficient (Wildman–Crippen LogP) is 2.50. The standard InChI is InChI=1S/C20H25FN4O4S/c1-14-22-19(24-29-14)20(10-2-3-11-20)23-18(26)15-8-12-25(13-9-15)30(27,28)17-6-4-16(21)5-7-17/h4-7,15H,2-3,8-13H2,1H3,(H,23,26). The first kappa shape index (κ1) is 20.9. The monoisotopic (exact) mass is 436 g/mol. The number of rotatable bonds is 5. The molecule has 2 aliphatic rings. The van der Waals surface area contributed by atoms with Gasteiger partial charge in [-0.25, -0.2) is 12.8 Å². The minimum absolute atomic E-state index is 0.0594. The van der Waals surface area contributed by atoms with Gasteiger partial charge >= 0.3 is 0 Å². The van der Waals surface area contributed by atoms with Crippen LogP contribution < -0.4 is 5.32 Å². The molecule has 2 aromatic rings. The van der Waals surface area contributed by atoms with Gasteiger partial charge in [-0.05, 0) is 49.9 Å². The molecule has 0 unspecified atom stereocenters. The van der Waals surface area contributed by atoms with Crippen LogP contribution in [0.2, 0.25) is 0 Å². The van der Waals surface area contributed by atoms with Gasteiger partial charge < -0.3 is 9.84 Å². The van der Waals surface area contributed by atoms with Gasteiger partial charge in [0.1, 0.15) is 11.4 Å². The first-order chi connectivity index (χ1) is 14.3. The van der Waals surface area contributed by atoms with E-state index < -0.39 is 21.4 Å². The number of hydrogen-bond acceptors (Lipinski definition) is 6. The van der Waals surface area contributed by atoms with Crippen molar-refractivity contribution >= 4 is 15.9 Å². The van der Waals surface area contributed by atoms with Crippen LogP contribution in [0.15, 0.2) is 33.7 Å². The van der Waals surface area contributed by atoms with Crippen molar-refractivity contribution in [3.63, 3.8) is 0 Å². The molecule has 162 valence electrons. The van der Waals surface area contributed by atoms with Crippen LogP contribution in [0.4, 0.5) is 4.39 Å². The smallest absolute Gasteiger partial charge is 0.243 e. The average Bonchev–Trinajstić information content (AvgIpc) is 3.38. The fraction of sp³-hybridized carbons (Fsp3) is 0.550. The molecular weight excluding hydrogens is 411 g/mol. The number of nitrogens with one attached hydrogen (secondary N) is 1. The Labute approximate surface area is 174 Å². The van der Waals surface area contributed by atoms with Crippen LogP contribution in [-0.2, 0) is 20.4 Å². The van der Waals surface area contributed by atoms with Crippen LogP contribution >= 0.6 is 0 Å². The number of nitrogens with zero attached hydrogens (tertiary/aromatic N) is 3. The van der Waals surface area contributed by atoms with E-state index in [1.807, 2.05) is 0 Å². The van der Waals surface area contributed by atoms with Gasteiger partial charge in [0, 0.05) is 25.9 Å². The highest BCUT2D eigenvalue weighted by atomic mass is 32.2. The van der Waals surface area contributed by atoms with E-state index in [0.717, 1.165) is 37.8 Å². The Morgan fingerprint density at radius 3 is 2.40 bits per heavy atom. The van der Waals surface area contributed by atoms with Gasteiger partial charge in [0.05, 0.1) is 4.90 Å². The predicted molar refractivity (Wildman–Crippen MR) is 105 cm³/mol. The summed E-state index contributed by atoms with van der Waals surface area (Å²) in [6, 6.07) is 4.79. The molecule has 1 amide bonds. The summed E-state index contributed by atoms with van der Waals surface area (Å²) in [4.78, 5) is 17.4. The fourth-order valence-electron chi connectivity index (χ4n) is 4.33. The van der Waals surface area contributed by atoms with Crippen molar-refractivity contribution in [2.24, 2.45) is 5.92 Å². The molecule has 2 heterocycles. The maximum Gasteiger partial charge on any atom is 0.243 e. The number of aryl methyl sites for hydroxylation is 1. The van der Waals surface area contributed by atoms with E-state index in [0.29, 0.717) is 24.6 Å². The van der Waals surface area contributed by atoms with E-state index in [9.17, 15) is 17.6 Å². The van der Waals surface area contributed by atoms with E-state index in [4.69, 9.17) is 4.52 Å². The molecule has 0 atom stereocenters. The summed E-state index contributed by atoms with van der Waals surface area (Å²) in [6.07, 6.45) is 4.32. The van der Waals surface area contributed by atoms with Crippen molar-refractivity contribution in [2.45, 2.75) is 55.9 Å². The highest BCUT2D eigenvalue weighted by Gasteiger charge is 2.43. The summed E-state index contributed by atoms with van der Waals surface area (Å²) < 4.78 is 45.1. The lowest BCUT2D eigenvalue weighted by atomic mass is 9.92. The highest BCUT2D eigenvalue weighted by molar-refractivity contribution is 7.89. The number of piperidine rings is 1. The van der Waals surface area contributed by atoms with Crippen LogP contribution in [0.5, 0.6) is 0 Å². The number of sulfonamides is 1. The zero-order chi connectivity index (χ0) is 21.4. The second-order valence-corrected chi connectivity index (χ2v) is 9.99. The molecule has 0 spiro atoms. The second kappa shape index (κ2) is 8.07. The fourth-order valence-corrected chi connectivity index (χ4v) is 5.80. The number of benzene rings is 1. The molecule has 1 N–H and O–H groups in total. The zero-order valence-corrected chi connectivity index (χ0v) is 17.6. The SMILES string of the molecule is Cc1nc(C2(NC(=O)C3CCN(S(=O)(=O)c4ccc(F)cc4)CC3)CCCC2)no1. The molecular formula is C20H25FN4O4S. The highest BCUT2D eigenvalue weighted by Crippen LogP contribution is 2.38. The number of halogens is 1. The van der Waals surface area contributed by atoms with E-state index in [1.165, 1.54) is 16.4 Å². The number of hydrogen-bond donors (Lipinski definition) is 1. The largest absolute Gasteiger partial charge is 0.343 e. The summed E-state index contributed by atoms with van der Waals surface area (Å²) in [5.74, 6) is 0.113. The average molecular weight is 437 g/mol. The molecule has 30 heavy (non-hydrogen) atoms. The van der Waals surface area contributed by atoms with E-state index in [1.54, 1.807) is 6.92 Å². The first-order valence-electron chi connectivity index (χ1n) is 10.2. The van der Waals surface area contributed by atoms with Gasteiger partial charge in [-0.1, -0.05) is 18.0 Å². The van der Waals surface area contributed by atoms with Gasteiger partial charge in [0.25, 0.3) is 0 Å². The summed E-state index contributed by atoms with van der Waals surface area (Å²) in [5, 5.41) is 7.19. The minimum atomic E-state index is -3.70. The van der Waals surface area contributed by atoms with Gasteiger partial charge in [-0.15, -0.1) is 0 Å². The van der Waals surface area contributed by atoms with Gasteiger partial charge in [-0.2, -0.15) is 9.29 Å². The van der Waals surface area contributed by atoms with Crippen molar-refractivity contribution in [3.8, 4) is 0 Å². The molecule has 1 saturated carbocycles. The Morgan fingerprint density at radius 2 is 1.83 bits per heavy atom. The summed E-state index contributed by atoms with van der Waals surface area (Å²) in [7, 11) is -3.70. The Kier molecular flexibility index (Phi) is 5.63. The molecule has 1 saturated heterocycles.